The van der Waals surface area contributed by atoms with Gasteiger partial charge in [-0.15, -0.1) is 11.3 Å². The number of nitrogens with zero attached hydrogens (tertiary/aromatic N) is 2. The molecule has 2 aromatic rings. The number of rotatable bonds is 5. The Morgan fingerprint density at radius 1 is 1.32 bits per heavy atom. The average Bonchev–Trinajstić information content (AvgIpc) is 2.95. The second kappa shape index (κ2) is 8.03. The van der Waals surface area contributed by atoms with Gasteiger partial charge < -0.3 is 10.1 Å². The molecule has 0 spiro atoms. The van der Waals surface area contributed by atoms with Crippen LogP contribution in [0.15, 0.2) is 30.5 Å². The molecule has 1 aliphatic heterocycles. The number of carbonyl (C=O) groups excluding carboxylic acids is 1. The van der Waals surface area contributed by atoms with Crippen molar-refractivity contribution in [3.63, 3.8) is 0 Å². The van der Waals surface area contributed by atoms with Crippen LogP contribution in [0.4, 0.5) is 9.52 Å². The van der Waals surface area contributed by atoms with Crippen molar-refractivity contribution in [2.75, 3.05) is 25.0 Å². The van der Waals surface area contributed by atoms with Crippen LogP contribution >= 0.6 is 11.3 Å². The maximum Gasteiger partial charge on any atom is 0.240 e. The normalized spacial score (nSPS) is 21.2. The number of amides is 1. The summed E-state index contributed by atoms with van der Waals surface area (Å²) in [4.78, 5) is 19.6. The molecular weight excluding hydrogens is 341 g/mol. The van der Waals surface area contributed by atoms with Crippen molar-refractivity contribution in [1.82, 2.24) is 9.88 Å². The van der Waals surface area contributed by atoms with E-state index >= 15 is 0 Å². The maximum absolute atomic E-state index is 12.9. The molecule has 1 saturated heterocycles. The van der Waals surface area contributed by atoms with E-state index in [0.29, 0.717) is 18.1 Å². The predicted octanol–water partition coefficient (Wildman–Crippen LogP) is 2.92. The zero-order chi connectivity index (χ0) is 17.8. The zero-order valence-electron chi connectivity index (χ0n) is 14.4. The average molecular weight is 363 g/mol. The molecule has 1 amide bonds. The van der Waals surface area contributed by atoms with Crippen LogP contribution in [-0.2, 0) is 16.0 Å². The SMILES string of the molecule is C[C@H]1CN(CC(=O)Nc2ncc(Cc3ccc(F)cc3)s2)C[C@H](C)O1. The number of hydrogen-bond acceptors (Lipinski definition) is 5. The van der Waals surface area contributed by atoms with Gasteiger partial charge in [0.05, 0.1) is 18.8 Å². The van der Waals surface area contributed by atoms with Gasteiger partial charge in [-0.05, 0) is 31.5 Å². The van der Waals surface area contributed by atoms with E-state index < -0.39 is 0 Å². The van der Waals surface area contributed by atoms with Gasteiger partial charge in [0.15, 0.2) is 5.13 Å². The van der Waals surface area contributed by atoms with Crippen molar-refractivity contribution in [2.24, 2.45) is 0 Å². The number of anilines is 1. The summed E-state index contributed by atoms with van der Waals surface area (Å²) in [5, 5.41) is 3.45. The van der Waals surface area contributed by atoms with Crippen LogP contribution in [0.5, 0.6) is 0 Å². The lowest BCUT2D eigenvalue weighted by atomic mass is 10.1. The number of morpholine rings is 1. The van der Waals surface area contributed by atoms with Gasteiger partial charge in [0, 0.05) is 30.6 Å². The first-order chi connectivity index (χ1) is 12.0. The Labute approximate surface area is 150 Å². The van der Waals surface area contributed by atoms with Crippen LogP contribution in [0.25, 0.3) is 0 Å². The van der Waals surface area contributed by atoms with Crippen molar-refractivity contribution in [1.29, 1.82) is 0 Å². The molecule has 3 rings (SSSR count). The third kappa shape index (κ3) is 5.32. The summed E-state index contributed by atoms with van der Waals surface area (Å²) in [6.07, 6.45) is 2.70. The molecule has 0 bridgehead atoms. The van der Waals surface area contributed by atoms with Crippen molar-refractivity contribution in [3.8, 4) is 0 Å². The molecular formula is C18H22FN3O2S. The van der Waals surface area contributed by atoms with Gasteiger partial charge in [0.25, 0.3) is 0 Å². The van der Waals surface area contributed by atoms with Crippen LogP contribution < -0.4 is 5.32 Å². The number of benzene rings is 1. The fourth-order valence-corrected chi connectivity index (χ4v) is 3.89. The molecule has 0 aliphatic carbocycles. The van der Waals surface area contributed by atoms with Gasteiger partial charge in [0.2, 0.25) is 5.91 Å². The minimum Gasteiger partial charge on any atom is -0.373 e. The minimum absolute atomic E-state index is 0.0658. The van der Waals surface area contributed by atoms with E-state index in [-0.39, 0.29) is 23.9 Å². The standard InChI is InChI=1S/C18H22FN3O2S/c1-12-9-22(10-13(2)24-12)11-17(23)21-18-20-8-16(25-18)7-14-3-5-15(19)6-4-14/h3-6,8,12-13H,7,9-11H2,1-2H3,(H,20,21,23)/t12-,13-/m0/s1. The molecule has 1 aromatic carbocycles. The summed E-state index contributed by atoms with van der Waals surface area (Å²) < 4.78 is 18.6. The molecule has 1 aromatic heterocycles. The second-order valence-corrected chi connectivity index (χ2v) is 7.55. The van der Waals surface area contributed by atoms with E-state index in [9.17, 15) is 9.18 Å². The number of hydrogen-bond donors (Lipinski definition) is 1. The largest absolute Gasteiger partial charge is 0.373 e. The lowest BCUT2D eigenvalue weighted by Crippen LogP contribution is -2.48. The summed E-state index contributed by atoms with van der Waals surface area (Å²) in [7, 11) is 0. The molecule has 1 N–H and O–H groups in total. The van der Waals surface area contributed by atoms with E-state index in [1.807, 2.05) is 13.8 Å². The van der Waals surface area contributed by atoms with E-state index in [0.717, 1.165) is 23.5 Å². The van der Waals surface area contributed by atoms with Crippen molar-refractivity contribution >= 4 is 22.4 Å². The van der Waals surface area contributed by atoms with Crippen LogP contribution in [0, 0.1) is 5.82 Å². The molecule has 25 heavy (non-hydrogen) atoms. The van der Waals surface area contributed by atoms with Crippen LogP contribution in [0.2, 0.25) is 0 Å². The summed E-state index contributed by atoms with van der Waals surface area (Å²) >= 11 is 1.44. The topological polar surface area (TPSA) is 54.5 Å². The Bertz CT molecular complexity index is 709. The molecule has 7 heteroatoms. The smallest absolute Gasteiger partial charge is 0.240 e. The molecule has 2 atom stereocenters. The number of ether oxygens (including phenoxy) is 1. The van der Waals surface area contributed by atoms with Gasteiger partial charge in [-0.2, -0.15) is 0 Å². The lowest BCUT2D eigenvalue weighted by Gasteiger charge is -2.34. The quantitative estimate of drug-likeness (QED) is 0.887. The fraction of sp³-hybridized carbons (Fsp3) is 0.444. The highest BCUT2D eigenvalue weighted by molar-refractivity contribution is 7.15. The first-order valence-electron chi connectivity index (χ1n) is 8.35. The second-order valence-electron chi connectivity index (χ2n) is 6.43. The van der Waals surface area contributed by atoms with E-state index in [1.165, 1.54) is 23.5 Å². The summed E-state index contributed by atoms with van der Waals surface area (Å²) in [5.74, 6) is -0.309. The molecule has 5 nitrogen and oxygen atoms in total. The first kappa shape index (κ1) is 18.0. The Balaban J connectivity index is 1.52. The summed E-state index contributed by atoms with van der Waals surface area (Å²) in [6.45, 7) is 5.88. The molecule has 1 fully saturated rings. The Morgan fingerprint density at radius 2 is 2.00 bits per heavy atom. The molecule has 0 unspecified atom stereocenters. The predicted molar refractivity (Wildman–Crippen MR) is 96.4 cm³/mol. The van der Waals surface area contributed by atoms with Gasteiger partial charge >= 0.3 is 0 Å². The Kier molecular flexibility index (Phi) is 5.78. The Hall–Kier alpha value is -1.83. The molecule has 2 heterocycles. The van der Waals surface area contributed by atoms with E-state index in [1.54, 1.807) is 18.3 Å². The van der Waals surface area contributed by atoms with Crippen LogP contribution in [0.3, 0.4) is 0 Å². The van der Waals surface area contributed by atoms with E-state index in [2.05, 4.69) is 15.2 Å². The van der Waals surface area contributed by atoms with Gasteiger partial charge in [-0.3, -0.25) is 9.69 Å². The lowest BCUT2D eigenvalue weighted by molar-refractivity contribution is -0.121. The van der Waals surface area contributed by atoms with Crippen LogP contribution in [-0.4, -0.2) is 47.6 Å². The summed E-state index contributed by atoms with van der Waals surface area (Å²) in [5.41, 5.74) is 1.01. The van der Waals surface area contributed by atoms with Gasteiger partial charge in [0.1, 0.15) is 5.82 Å². The number of aromatic nitrogens is 1. The molecule has 0 saturated carbocycles. The number of nitrogens with one attached hydrogen (secondary N) is 1. The third-order valence-corrected chi connectivity index (χ3v) is 4.87. The highest BCUT2D eigenvalue weighted by Crippen LogP contribution is 2.21. The third-order valence-electron chi connectivity index (χ3n) is 3.95. The number of halogens is 1. The highest BCUT2D eigenvalue weighted by Gasteiger charge is 2.23. The molecule has 134 valence electrons. The number of carbonyl (C=O) groups is 1. The maximum atomic E-state index is 12.9. The van der Waals surface area contributed by atoms with Gasteiger partial charge in [-0.1, -0.05) is 12.1 Å². The van der Waals surface area contributed by atoms with Crippen LogP contribution in [0.1, 0.15) is 24.3 Å². The number of thiazole rings is 1. The first-order valence-corrected chi connectivity index (χ1v) is 9.16. The molecule has 1 aliphatic rings. The van der Waals surface area contributed by atoms with Crippen molar-refractivity contribution in [3.05, 3.63) is 46.7 Å². The van der Waals surface area contributed by atoms with Gasteiger partial charge in [-0.25, -0.2) is 9.37 Å². The van der Waals surface area contributed by atoms with E-state index in [4.69, 9.17) is 4.74 Å². The Morgan fingerprint density at radius 3 is 2.68 bits per heavy atom. The molecule has 0 radical (unpaired) electrons. The highest BCUT2D eigenvalue weighted by atomic mass is 32.1. The minimum atomic E-state index is -0.243. The fourth-order valence-electron chi connectivity index (χ4n) is 3.03. The zero-order valence-corrected chi connectivity index (χ0v) is 15.2. The van der Waals surface area contributed by atoms with Crippen molar-refractivity contribution in [2.45, 2.75) is 32.5 Å². The summed E-state index contributed by atoms with van der Waals surface area (Å²) in [6, 6.07) is 6.41. The van der Waals surface area contributed by atoms with Crippen molar-refractivity contribution < 1.29 is 13.9 Å². The monoisotopic (exact) mass is 363 g/mol.